The fraction of sp³-hybridized carbons (Fsp3) is 0.100. The normalized spacial score (nSPS) is 11.0. The minimum Gasteiger partial charge on any atom is -0.340 e. The predicted octanol–water partition coefficient (Wildman–Crippen LogP) is 4.07. The molecule has 2 N–H and O–H groups in total. The Bertz CT molecular complexity index is 1090. The summed E-state index contributed by atoms with van der Waals surface area (Å²) < 4.78 is 1.59. The van der Waals surface area contributed by atoms with E-state index < -0.39 is 0 Å². The first kappa shape index (κ1) is 15.2. The summed E-state index contributed by atoms with van der Waals surface area (Å²) in [6.07, 6.45) is 0. The minimum atomic E-state index is -0.196. The van der Waals surface area contributed by atoms with Crippen LogP contribution in [0.1, 0.15) is 11.1 Å². The first-order valence-corrected chi connectivity index (χ1v) is 8.13. The number of aromatic nitrogens is 3. The summed E-state index contributed by atoms with van der Waals surface area (Å²) in [6, 6.07) is 19.6. The number of fused-ring (bicyclic) bond motifs is 1. The van der Waals surface area contributed by atoms with Gasteiger partial charge in [0.25, 0.3) is 0 Å². The lowest BCUT2D eigenvalue weighted by molar-refractivity contribution is 0.999. The molecule has 0 saturated carbocycles. The van der Waals surface area contributed by atoms with E-state index in [1.165, 1.54) is 5.56 Å². The molecule has 0 aliphatic heterocycles. The monoisotopic (exact) mass is 330 g/mol. The number of imidazole rings is 1. The summed E-state index contributed by atoms with van der Waals surface area (Å²) in [5.74, 6) is 0.691. The van der Waals surface area contributed by atoms with Gasteiger partial charge in [0.05, 0.1) is 11.2 Å². The number of nitrogens with one attached hydrogen (secondary N) is 2. The van der Waals surface area contributed by atoms with Crippen LogP contribution in [0.4, 0.5) is 11.5 Å². The van der Waals surface area contributed by atoms with Gasteiger partial charge >= 0.3 is 5.69 Å². The third kappa shape index (κ3) is 2.92. The molecule has 124 valence electrons. The fourth-order valence-corrected chi connectivity index (χ4v) is 2.77. The minimum absolute atomic E-state index is 0.196. The summed E-state index contributed by atoms with van der Waals surface area (Å²) in [5.41, 5.74) is 5.21. The lowest BCUT2D eigenvalue weighted by Gasteiger charge is -2.07. The first-order valence-electron chi connectivity index (χ1n) is 8.13. The zero-order valence-electron chi connectivity index (χ0n) is 14.1. The van der Waals surface area contributed by atoms with Crippen molar-refractivity contribution in [3.63, 3.8) is 0 Å². The molecule has 0 bridgehead atoms. The first-order chi connectivity index (χ1) is 12.1. The molecule has 0 aliphatic rings. The summed E-state index contributed by atoms with van der Waals surface area (Å²) in [5, 5.41) is 3.28. The van der Waals surface area contributed by atoms with Gasteiger partial charge in [0.2, 0.25) is 0 Å². The van der Waals surface area contributed by atoms with E-state index in [9.17, 15) is 4.79 Å². The molecule has 0 unspecified atom stereocenters. The summed E-state index contributed by atoms with van der Waals surface area (Å²) >= 11 is 0. The smallest absolute Gasteiger partial charge is 0.332 e. The molecule has 0 saturated heterocycles. The lowest BCUT2D eigenvalue weighted by atomic mass is 10.2. The van der Waals surface area contributed by atoms with Crippen molar-refractivity contribution in [3.05, 3.63) is 82.3 Å². The van der Waals surface area contributed by atoms with Gasteiger partial charge in [0, 0.05) is 5.69 Å². The van der Waals surface area contributed by atoms with Gasteiger partial charge < -0.3 is 10.3 Å². The number of hydrogen-bond acceptors (Lipinski definition) is 3. The van der Waals surface area contributed by atoms with Gasteiger partial charge in [-0.25, -0.2) is 14.3 Å². The molecule has 5 heteroatoms. The third-order valence-electron chi connectivity index (χ3n) is 4.15. The van der Waals surface area contributed by atoms with Gasteiger partial charge in [-0.2, -0.15) is 0 Å². The van der Waals surface area contributed by atoms with Crippen LogP contribution in [0.15, 0.2) is 65.5 Å². The van der Waals surface area contributed by atoms with Crippen molar-refractivity contribution >= 4 is 22.7 Å². The van der Waals surface area contributed by atoms with Crippen molar-refractivity contribution < 1.29 is 0 Å². The van der Waals surface area contributed by atoms with Crippen LogP contribution in [-0.4, -0.2) is 14.5 Å². The average molecular weight is 330 g/mol. The third-order valence-corrected chi connectivity index (χ3v) is 4.15. The van der Waals surface area contributed by atoms with E-state index in [1.807, 2.05) is 74.5 Å². The van der Waals surface area contributed by atoms with E-state index in [2.05, 4.69) is 15.3 Å². The van der Waals surface area contributed by atoms with E-state index in [1.54, 1.807) is 4.57 Å². The van der Waals surface area contributed by atoms with E-state index in [-0.39, 0.29) is 5.69 Å². The summed E-state index contributed by atoms with van der Waals surface area (Å²) in [4.78, 5) is 19.9. The Kier molecular flexibility index (Phi) is 3.61. The van der Waals surface area contributed by atoms with Gasteiger partial charge in [0.15, 0.2) is 5.65 Å². The Balaban J connectivity index is 1.79. The van der Waals surface area contributed by atoms with Crippen LogP contribution < -0.4 is 11.0 Å². The molecular formula is C20H18N4O. The molecule has 0 amide bonds. The van der Waals surface area contributed by atoms with Gasteiger partial charge in [-0.1, -0.05) is 35.4 Å². The fourth-order valence-electron chi connectivity index (χ4n) is 2.77. The zero-order chi connectivity index (χ0) is 17.4. The number of aryl methyl sites for hydroxylation is 2. The van der Waals surface area contributed by atoms with Crippen molar-refractivity contribution in [2.45, 2.75) is 13.8 Å². The second-order valence-electron chi connectivity index (χ2n) is 6.16. The van der Waals surface area contributed by atoms with Gasteiger partial charge in [-0.3, -0.25) is 0 Å². The number of pyridine rings is 1. The molecule has 25 heavy (non-hydrogen) atoms. The molecule has 4 rings (SSSR count). The highest BCUT2D eigenvalue weighted by molar-refractivity contribution is 5.76. The number of anilines is 2. The summed E-state index contributed by atoms with van der Waals surface area (Å²) in [7, 11) is 0. The lowest BCUT2D eigenvalue weighted by Crippen LogP contribution is -2.15. The Labute approximate surface area is 145 Å². The molecule has 0 spiro atoms. The highest BCUT2D eigenvalue weighted by Crippen LogP contribution is 2.20. The van der Waals surface area contributed by atoms with Crippen LogP contribution in [0.3, 0.4) is 0 Å². The SMILES string of the molecule is Cc1ccc(Nc2ccc3[nH]c(=O)n(-c4ccc(C)cc4)c3n2)cc1. The highest BCUT2D eigenvalue weighted by atomic mass is 16.1. The zero-order valence-corrected chi connectivity index (χ0v) is 14.1. The number of H-pyrrole nitrogens is 1. The Morgan fingerprint density at radius 1 is 0.880 bits per heavy atom. The Morgan fingerprint density at radius 2 is 1.52 bits per heavy atom. The maximum atomic E-state index is 12.4. The molecule has 4 aromatic rings. The van der Waals surface area contributed by atoms with E-state index in [0.717, 1.165) is 16.9 Å². The molecule has 5 nitrogen and oxygen atoms in total. The van der Waals surface area contributed by atoms with E-state index in [4.69, 9.17) is 0 Å². The van der Waals surface area contributed by atoms with E-state index >= 15 is 0 Å². The largest absolute Gasteiger partial charge is 0.340 e. The predicted molar refractivity (Wildman–Crippen MR) is 101 cm³/mol. The number of nitrogens with zero attached hydrogens (tertiary/aromatic N) is 2. The van der Waals surface area contributed by atoms with Crippen LogP contribution in [0.5, 0.6) is 0 Å². The molecular weight excluding hydrogens is 312 g/mol. The van der Waals surface area contributed by atoms with Crippen molar-refractivity contribution in [2.75, 3.05) is 5.32 Å². The van der Waals surface area contributed by atoms with E-state index in [0.29, 0.717) is 17.0 Å². The molecule has 0 atom stereocenters. The van der Waals surface area contributed by atoms with Gasteiger partial charge in [0.1, 0.15) is 5.82 Å². The van der Waals surface area contributed by atoms with Crippen LogP contribution >= 0.6 is 0 Å². The number of rotatable bonds is 3. The molecule has 0 aliphatic carbocycles. The standard InChI is InChI=1S/C20H18N4O/c1-13-3-7-15(8-4-13)21-18-12-11-17-19(23-18)24(20(25)22-17)16-9-5-14(2)6-10-16/h3-12H,1-2H3,(H,21,23)(H,22,25). The van der Waals surface area contributed by atoms with Crippen LogP contribution in [0, 0.1) is 13.8 Å². The Hall–Kier alpha value is -3.34. The van der Waals surface area contributed by atoms with Crippen molar-refractivity contribution in [3.8, 4) is 5.69 Å². The molecule has 0 radical (unpaired) electrons. The topological polar surface area (TPSA) is 62.7 Å². The molecule has 2 aromatic heterocycles. The molecule has 2 aromatic carbocycles. The quantitative estimate of drug-likeness (QED) is 0.595. The van der Waals surface area contributed by atoms with Gasteiger partial charge in [-0.05, 0) is 50.2 Å². The maximum Gasteiger partial charge on any atom is 0.332 e. The van der Waals surface area contributed by atoms with Crippen LogP contribution in [0.2, 0.25) is 0 Å². The number of benzene rings is 2. The number of aromatic amines is 1. The second-order valence-corrected chi connectivity index (χ2v) is 6.16. The maximum absolute atomic E-state index is 12.4. The molecule has 0 fully saturated rings. The number of hydrogen-bond donors (Lipinski definition) is 2. The van der Waals surface area contributed by atoms with Crippen molar-refractivity contribution in [1.29, 1.82) is 0 Å². The van der Waals surface area contributed by atoms with Crippen molar-refractivity contribution in [1.82, 2.24) is 14.5 Å². The van der Waals surface area contributed by atoms with Crippen LogP contribution in [0.25, 0.3) is 16.9 Å². The van der Waals surface area contributed by atoms with Crippen LogP contribution in [-0.2, 0) is 0 Å². The van der Waals surface area contributed by atoms with Gasteiger partial charge in [-0.15, -0.1) is 0 Å². The van der Waals surface area contributed by atoms with Crippen molar-refractivity contribution in [2.24, 2.45) is 0 Å². The Morgan fingerprint density at radius 3 is 2.20 bits per heavy atom. The average Bonchev–Trinajstić information content (AvgIpc) is 2.93. The summed E-state index contributed by atoms with van der Waals surface area (Å²) in [6.45, 7) is 4.07. The molecule has 2 heterocycles. The second kappa shape index (κ2) is 5.94. The highest BCUT2D eigenvalue weighted by Gasteiger charge is 2.11.